The molecule has 1 aromatic carbocycles. The molecule has 0 aliphatic heterocycles. The van der Waals surface area contributed by atoms with Gasteiger partial charge in [0, 0.05) is 10.4 Å². The van der Waals surface area contributed by atoms with E-state index in [4.69, 9.17) is 9.47 Å². The quantitative estimate of drug-likeness (QED) is 0.870. The summed E-state index contributed by atoms with van der Waals surface area (Å²) in [5.41, 5.74) is 0.883. The monoisotopic (exact) mass is 306 g/mol. The number of benzene rings is 1. The molecule has 0 saturated carbocycles. The summed E-state index contributed by atoms with van der Waals surface area (Å²) in [4.78, 5) is 12.5. The Morgan fingerprint density at radius 3 is 2.62 bits per heavy atom. The first-order chi connectivity index (χ1) is 10.0. The molecule has 2 rings (SSSR count). The highest BCUT2D eigenvalue weighted by Crippen LogP contribution is 2.34. The van der Waals surface area contributed by atoms with Crippen LogP contribution in [0.1, 0.15) is 39.9 Å². The summed E-state index contributed by atoms with van der Waals surface area (Å²) in [5, 5.41) is 9.26. The van der Waals surface area contributed by atoms with Gasteiger partial charge in [-0.2, -0.15) is 0 Å². The van der Waals surface area contributed by atoms with Crippen LogP contribution in [0.5, 0.6) is 11.5 Å². The first kappa shape index (κ1) is 15.4. The second-order valence-electron chi connectivity index (χ2n) is 4.90. The predicted molar refractivity (Wildman–Crippen MR) is 82.7 cm³/mol. The van der Waals surface area contributed by atoms with Crippen LogP contribution in [0.3, 0.4) is 0 Å². The highest BCUT2D eigenvalue weighted by molar-refractivity contribution is 7.14. The average Bonchev–Trinajstić information content (AvgIpc) is 2.90. The van der Waals surface area contributed by atoms with Gasteiger partial charge in [-0.25, -0.2) is 4.79 Å². The van der Waals surface area contributed by atoms with Crippen molar-refractivity contribution < 1.29 is 19.4 Å². The average molecular weight is 306 g/mol. The van der Waals surface area contributed by atoms with Crippen molar-refractivity contribution in [3.8, 4) is 11.5 Å². The number of rotatable bonds is 6. The van der Waals surface area contributed by atoms with Crippen LogP contribution in [0.25, 0.3) is 0 Å². The minimum atomic E-state index is -0.957. The predicted octanol–water partition coefficient (Wildman–Crippen LogP) is 4.16. The van der Waals surface area contributed by atoms with Gasteiger partial charge in [-0.1, -0.05) is 32.0 Å². The van der Waals surface area contributed by atoms with Crippen LogP contribution in [-0.4, -0.2) is 18.2 Å². The van der Waals surface area contributed by atoms with Crippen molar-refractivity contribution in [1.82, 2.24) is 0 Å². The molecule has 0 aliphatic rings. The van der Waals surface area contributed by atoms with Crippen molar-refractivity contribution in [3.63, 3.8) is 0 Å². The summed E-state index contributed by atoms with van der Waals surface area (Å²) >= 11 is 1.27. The van der Waals surface area contributed by atoms with E-state index in [0.29, 0.717) is 5.75 Å². The minimum Gasteiger partial charge on any atom is -0.496 e. The van der Waals surface area contributed by atoms with Gasteiger partial charge in [0.25, 0.3) is 0 Å². The molecule has 21 heavy (non-hydrogen) atoms. The van der Waals surface area contributed by atoms with Crippen LogP contribution in [0.4, 0.5) is 0 Å². The fraction of sp³-hybridized carbons (Fsp3) is 0.312. The van der Waals surface area contributed by atoms with Crippen molar-refractivity contribution in [3.05, 3.63) is 45.6 Å². The van der Waals surface area contributed by atoms with E-state index in [1.165, 1.54) is 11.3 Å². The maximum Gasteiger partial charge on any atom is 0.349 e. The number of thiophene rings is 1. The Kier molecular flexibility index (Phi) is 4.85. The lowest BCUT2D eigenvalue weighted by atomic mass is 10.2. The number of para-hydroxylation sites is 1. The van der Waals surface area contributed by atoms with Gasteiger partial charge in [0.15, 0.2) is 4.88 Å². The van der Waals surface area contributed by atoms with Gasteiger partial charge in [-0.15, -0.1) is 11.3 Å². The van der Waals surface area contributed by atoms with E-state index < -0.39 is 5.97 Å². The number of aromatic carboxylic acids is 1. The lowest BCUT2D eigenvalue weighted by Gasteiger charge is -2.09. The molecule has 0 spiro atoms. The summed E-state index contributed by atoms with van der Waals surface area (Å²) in [5.74, 6) is 0.467. The summed E-state index contributed by atoms with van der Waals surface area (Å²) < 4.78 is 11.0. The highest BCUT2D eigenvalue weighted by Gasteiger charge is 2.18. The Morgan fingerprint density at radius 1 is 1.29 bits per heavy atom. The van der Waals surface area contributed by atoms with Crippen LogP contribution in [0.15, 0.2) is 30.3 Å². The number of ether oxygens (including phenoxy) is 2. The standard InChI is InChI=1S/C16H18O4S/c1-10(2)14-8-13(15(21-14)16(17)18)20-9-11-6-4-5-7-12(11)19-3/h4-8,10H,9H2,1-3H3,(H,17,18). The summed E-state index contributed by atoms with van der Waals surface area (Å²) in [6.45, 7) is 4.33. The maximum atomic E-state index is 11.3. The van der Waals surface area contributed by atoms with Crippen molar-refractivity contribution in [1.29, 1.82) is 0 Å². The summed E-state index contributed by atoms with van der Waals surface area (Å²) in [6.07, 6.45) is 0. The van der Waals surface area contributed by atoms with E-state index >= 15 is 0 Å². The number of carboxylic acid groups (broad SMARTS) is 1. The third-order valence-electron chi connectivity index (χ3n) is 3.06. The molecule has 0 radical (unpaired) electrons. The lowest BCUT2D eigenvalue weighted by molar-refractivity contribution is 0.0697. The molecule has 0 bridgehead atoms. The second kappa shape index (κ2) is 6.63. The summed E-state index contributed by atoms with van der Waals surface area (Å²) in [6, 6.07) is 9.34. The van der Waals surface area contributed by atoms with E-state index in [9.17, 15) is 9.90 Å². The van der Waals surface area contributed by atoms with E-state index in [0.717, 1.165) is 16.2 Å². The largest absolute Gasteiger partial charge is 0.496 e. The Bertz CT molecular complexity index is 631. The molecule has 1 aromatic heterocycles. The van der Waals surface area contributed by atoms with Gasteiger partial charge in [-0.05, 0) is 18.1 Å². The van der Waals surface area contributed by atoms with E-state index in [1.54, 1.807) is 7.11 Å². The first-order valence-electron chi connectivity index (χ1n) is 6.64. The number of carbonyl (C=O) groups is 1. The number of hydrogen-bond acceptors (Lipinski definition) is 4. The third-order valence-corrected chi connectivity index (χ3v) is 4.46. The topological polar surface area (TPSA) is 55.8 Å². The highest BCUT2D eigenvalue weighted by atomic mass is 32.1. The van der Waals surface area contributed by atoms with Crippen LogP contribution >= 0.6 is 11.3 Å². The Morgan fingerprint density at radius 2 is 2.00 bits per heavy atom. The van der Waals surface area contributed by atoms with Crippen LogP contribution in [-0.2, 0) is 6.61 Å². The molecule has 1 heterocycles. The molecule has 4 nitrogen and oxygen atoms in total. The maximum absolute atomic E-state index is 11.3. The molecular formula is C16H18O4S. The molecule has 5 heteroatoms. The molecule has 2 aromatic rings. The third kappa shape index (κ3) is 3.55. The zero-order valence-electron chi connectivity index (χ0n) is 12.3. The summed E-state index contributed by atoms with van der Waals surface area (Å²) in [7, 11) is 1.60. The lowest BCUT2D eigenvalue weighted by Crippen LogP contribution is -2.01. The van der Waals surface area contributed by atoms with Crippen LogP contribution in [0, 0.1) is 0 Å². The van der Waals surface area contributed by atoms with Crippen molar-refractivity contribution in [2.45, 2.75) is 26.4 Å². The smallest absolute Gasteiger partial charge is 0.349 e. The molecule has 0 amide bonds. The molecule has 0 unspecified atom stereocenters. The molecular weight excluding hydrogens is 288 g/mol. The van der Waals surface area contributed by atoms with Gasteiger partial charge in [0.2, 0.25) is 0 Å². The van der Waals surface area contributed by atoms with Gasteiger partial charge < -0.3 is 14.6 Å². The zero-order valence-corrected chi connectivity index (χ0v) is 13.1. The van der Waals surface area contributed by atoms with Crippen molar-refractivity contribution in [2.24, 2.45) is 0 Å². The van der Waals surface area contributed by atoms with Gasteiger partial charge in [0.05, 0.1) is 7.11 Å². The van der Waals surface area contributed by atoms with Gasteiger partial charge in [-0.3, -0.25) is 0 Å². The van der Waals surface area contributed by atoms with Crippen LogP contribution < -0.4 is 9.47 Å². The molecule has 0 saturated heterocycles. The first-order valence-corrected chi connectivity index (χ1v) is 7.46. The van der Waals surface area contributed by atoms with E-state index in [2.05, 4.69) is 0 Å². The number of carboxylic acids is 1. The fourth-order valence-electron chi connectivity index (χ4n) is 1.91. The second-order valence-corrected chi connectivity index (χ2v) is 5.99. The van der Waals surface area contributed by atoms with Crippen molar-refractivity contribution in [2.75, 3.05) is 7.11 Å². The van der Waals surface area contributed by atoms with Gasteiger partial charge >= 0.3 is 5.97 Å². The molecule has 0 aliphatic carbocycles. The normalized spacial score (nSPS) is 10.7. The molecule has 112 valence electrons. The number of hydrogen-bond donors (Lipinski definition) is 1. The minimum absolute atomic E-state index is 0.244. The molecule has 0 atom stereocenters. The Labute approximate surface area is 128 Å². The SMILES string of the molecule is COc1ccccc1COc1cc(C(C)C)sc1C(=O)O. The molecule has 0 fully saturated rings. The van der Waals surface area contributed by atoms with Crippen LogP contribution in [0.2, 0.25) is 0 Å². The zero-order chi connectivity index (χ0) is 15.4. The fourth-order valence-corrected chi connectivity index (χ4v) is 2.85. The van der Waals surface area contributed by atoms with E-state index in [-0.39, 0.29) is 17.4 Å². The van der Waals surface area contributed by atoms with Crippen molar-refractivity contribution >= 4 is 17.3 Å². The van der Waals surface area contributed by atoms with Gasteiger partial charge in [0.1, 0.15) is 18.1 Å². The Balaban J connectivity index is 2.21. The Hall–Kier alpha value is -2.01. The number of methoxy groups -OCH3 is 1. The van der Waals surface area contributed by atoms with E-state index in [1.807, 2.05) is 44.2 Å². The molecule has 1 N–H and O–H groups in total.